The maximum absolute atomic E-state index is 17.7. The molecule has 2 N–H and O–H groups in total. The van der Waals surface area contributed by atoms with Crippen molar-refractivity contribution >= 4 is 39.7 Å². The van der Waals surface area contributed by atoms with Crippen LogP contribution in [0.15, 0.2) is 36.5 Å². The lowest BCUT2D eigenvalue weighted by molar-refractivity contribution is -0.870. The molecule has 59 heavy (non-hydrogen) atoms. The van der Waals surface area contributed by atoms with Gasteiger partial charge in [0.2, 0.25) is 0 Å². The SMILES string of the molecule is CC1(N)CCN(C(=O)Oc2cc3c4c(cccc4c2)CCCOC(=O)[N+](C)(C)[C@]2(C)CCCN(C2)c2nc(OC[C@@]45CCCN4C[C@H](F)C5)nc4c(F)c-3ncc24)CC1. The summed E-state index contributed by atoms with van der Waals surface area (Å²) in [6.45, 7) is 7.57. The number of pyridine rings is 1. The molecular formula is C44H55F2N8O5+. The maximum Gasteiger partial charge on any atom is 0.516 e. The lowest BCUT2D eigenvalue weighted by Crippen LogP contribution is -2.67. The monoisotopic (exact) mass is 813 g/mol. The van der Waals surface area contributed by atoms with E-state index >= 15 is 4.39 Å². The van der Waals surface area contributed by atoms with E-state index in [9.17, 15) is 14.0 Å². The summed E-state index contributed by atoms with van der Waals surface area (Å²) in [4.78, 5) is 47.8. The number of rotatable bonds is 4. The minimum absolute atomic E-state index is 0.00577. The van der Waals surface area contributed by atoms with Gasteiger partial charge in [-0.3, -0.25) is 9.88 Å². The largest absolute Gasteiger partial charge is 0.516 e. The Morgan fingerprint density at radius 1 is 1.05 bits per heavy atom. The number of aryl methyl sites for hydroxylation is 1. The molecule has 8 heterocycles. The number of likely N-dealkylation sites (tertiary alicyclic amines) is 1. The Kier molecular flexibility index (Phi) is 9.94. The van der Waals surface area contributed by atoms with E-state index in [0.717, 1.165) is 48.6 Å². The predicted molar refractivity (Wildman–Crippen MR) is 220 cm³/mol. The number of amides is 2. The van der Waals surface area contributed by atoms with Gasteiger partial charge in [0, 0.05) is 56.3 Å². The first-order valence-corrected chi connectivity index (χ1v) is 21.1. The second-order valence-electron chi connectivity index (χ2n) is 18.6. The number of carbonyl (C=O) groups is 2. The number of piperidine rings is 2. The zero-order valence-corrected chi connectivity index (χ0v) is 34.6. The summed E-state index contributed by atoms with van der Waals surface area (Å²) >= 11 is 0. The molecule has 4 fully saturated rings. The van der Waals surface area contributed by atoms with Crippen molar-refractivity contribution in [3.63, 3.8) is 0 Å². The molecule has 314 valence electrons. The Morgan fingerprint density at radius 2 is 1.85 bits per heavy atom. The van der Waals surface area contributed by atoms with Crippen LogP contribution in [0.1, 0.15) is 70.8 Å². The Labute approximate surface area is 343 Å². The Morgan fingerprint density at radius 3 is 2.66 bits per heavy atom. The number of alkyl halides is 1. The normalized spacial score (nSPS) is 26.9. The second-order valence-corrected chi connectivity index (χ2v) is 18.6. The van der Waals surface area contributed by atoms with Gasteiger partial charge in [-0.2, -0.15) is 14.8 Å². The predicted octanol–water partition coefficient (Wildman–Crippen LogP) is 6.77. The molecule has 2 aromatic carbocycles. The first kappa shape index (κ1) is 39.7. The van der Waals surface area contributed by atoms with Crippen molar-refractivity contribution in [2.45, 2.75) is 94.4 Å². The minimum atomic E-state index is -0.940. The number of quaternary nitrogens is 1. The molecule has 0 radical (unpaired) electrons. The van der Waals surface area contributed by atoms with E-state index in [1.54, 1.807) is 23.2 Å². The molecule has 2 amide bonds. The highest BCUT2D eigenvalue weighted by Crippen LogP contribution is 2.43. The third kappa shape index (κ3) is 7.12. The Hall–Kier alpha value is -4.73. The van der Waals surface area contributed by atoms with Gasteiger partial charge in [0.25, 0.3) is 0 Å². The molecule has 6 aliphatic rings. The number of anilines is 1. The van der Waals surface area contributed by atoms with Crippen molar-refractivity contribution < 1.29 is 37.1 Å². The quantitative estimate of drug-likeness (QED) is 0.219. The van der Waals surface area contributed by atoms with Gasteiger partial charge in [0.1, 0.15) is 41.1 Å². The number of hydrogen-bond acceptors (Lipinski definition) is 11. The van der Waals surface area contributed by atoms with Gasteiger partial charge in [0.05, 0.1) is 38.2 Å². The number of benzene rings is 2. The van der Waals surface area contributed by atoms with Crippen LogP contribution in [0.2, 0.25) is 0 Å². The number of likely N-dealkylation sites (N-methyl/N-ethyl adjacent to an activating group) is 1. The number of carbonyl (C=O) groups excluding carboxylic acids is 2. The van der Waals surface area contributed by atoms with Crippen molar-refractivity contribution in [2.75, 3.05) is 71.5 Å². The smallest absolute Gasteiger partial charge is 0.461 e. The summed E-state index contributed by atoms with van der Waals surface area (Å²) in [7, 11) is 3.77. The van der Waals surface area contributed by atoms with Gasteiger partial charge in [-0.05, 0) is 93.8 Å². The molecular weight excluding hydrogens is 759 g/mol. The number of hydrogen-bond donors (Lipinski definition) is 1. The van der Waals surface area contributed by atoms with Crippen LogP contribution in [0.25, 0.3) is 32.9 Å². The van der Waals surface area contributed by atoms with E-state index < -0.39 is 29.2 Å². The van der Waals surface area contributed by atoms with Crippen LogP contribution in [-0.2, 0) is 11.2 Å². The summed E-state index contributed by atoms with van der Waals surface area (Å²) < 4.78 is 50.8. The average molecular weight is 814 g/mol. The van der Waals surface area contributed by atoms with E-state index in [4.69, 9.17) is 34.9 Å². The zero-order valence-electron chi connectivity index (χ0n) is 34.6. The standard InChI is InChI=1S/C44H55F2N8O5/c1-42(47)14-18-51(19-15-42)40(55)59-31-21-29-10-5-9-28-11-6-20-57-41(56)54(3,4)43(2)12-7-16-52(26-43)38-33-24-48-36(32(22-31)34(28)29)35(46)37(33)49-39(50-38)58-27-44-13-8-17-53(44)25-30(45)23-44/h5,9-10,21-22,24,30H,6-8,11-20,23,25-27,47H2,1-4H3/q+1/t30-,43-,44+/m1/s1. The molecule has 0 spiro atoms. The van der Waals surface area contributed by atoms with Gasteiger partial charge in [-0.1, -0.05) is 18.2 Å². The molecule has 10 rings (SSSR count). The van der Waals surface area contributed by atoms with Gasteiger partial charge in [-0.25, -0.2) is 18.1 Å². The number of ether oxygens (including phenoxy) is 3. The van der Waals surface area contributed by atoms with Crippen molar-refractivity contribution in [3.8, 4) is 23.0 Å². The molecule has 15 heteroatoms. The van der Waals surface area contributed by atoms with E-state index in [2.05, 4.69) is 16.7 Å². The highest BCUT2D eigenvalue weighted by atomic mass is 19.1. The fourth-order valence-corrected chi connectivity index (χ4v) is 10.1. The summed E-state index contributed by atoms with van der Waals surface area (Å²) in [5.41, 5.74) is 6.33. The highest BCUT2D eigenvalue weighted by molar-refractivity contribution is 6.02. The molecule has 4 aromatic rings. The maximum atomic E-state index is 17.7. The van der Waals surface area contributed by atoms with Crippen LogP contribution in [0.4, 0.5) is 24.2 Å². The molecule has 0 unspecified atom stereocenters. The number of fused-ring (bicyclic) bond motifs is 7. The Bertz CT molecular complexity index is 2320. The van der Waals surface area contributed by atoms with E-state index in [-0.39, 0.29) is 52.3 Å². The van der Waals surface area contributed by atoms with E-state index in [1.807, 2.05) is 39.2 Å². The number of nitrogens with zero attached hydrogens (tertiary/aromatic N) is 7. The van der Waals surface area contributed by atoms with Crippen LogP contribution in [-0.4, -0.2) is 131 Å². The highest BCUT2D eigenvalue weighted by Gasteiger charge is 2.52. The van der Waals surface area contributed by atoms with Gasteiger partial charge in [-0.15, -0.1) is 0 Å². The average Bonchev–Trinajstić information content (AvgIpc) is 3.73. The summed E-state index contributed by atoms with van der Waals surface area (Å²) in [5.74, 6) is 0.0308. The van der Waals surface area contributed by atoms with Crippen LogP contribution in [0.5, 0.6) is 11.8 Å². The van der Waals surface area contributed by atoms with Crippen molar-refractivity contribution in [2.24, 2.45) is 5.73 Å². The zero-order chi connectivity index (χ0) is 41.3. The van der Waals surface area contributed by atoms with Crippen LogP contribution < -0.4 is 20.1 Å². The fourth-order valence-electron chi connectivity index (χ4n) is 10.1. The molecule has 6 bridgehead atoms. The van der Waals surface area contributed by atoms with Crippen molar-refractivity contribution in [1.29, 1.82) is 0 Å². The molecule has 13 nitrogen and oxygen atoms in total. The number of nitrogens with two attached hydrogens (primary N) is 1. The molecule has 3 atom stereocenters. The fraction of sp³-hybridized carbons (Fsp3) is 0.568. The van der Waals surface area contributed by atoms with Gasteiger partial charge >= 0.3 is 18.2 Å². The van der Waals surface area contributed by atoms with Crippen LogP contribution >= 0.6 is 0 Å². The lowest BCUT2D eigenvalue weighted by Gasteiger charge is -2.48. The molecule has 2 aromatic heterocycles. The third-order valence-electron chi connectivity index (χ3n) is 14.1. The summed E-state index contributed by atoms with van der Waals surface area (Å²) in [6, 6.07) is 9.24. The van der Waals surface area contributed by atoms with E-state index in [1.165, 1.54) is 0 Å². The molecule has 0 aliphatic carbocycles. The summed E-state index contributed by atoms with van der Waals surface area (Å²) in [5, 5.41) is 1.87. The lowest BCUT2D eigenvalue weighted by atomic mass is 9.87. The molecule has 0 saturated carbocycles. The summed E-state index contributed by atoms with van der Waals surface area (Å²) in [6.07, 6.45) is 5.80. The number of halogens is 2. The van der Waals surface area contributed by atoms with Crippen LogP contribution in [0.3, 0.4) is 0 Å². The topological polar surface area (TPSA) is 136 Å². The molecule has 6 aliphatic heterocycles. The van der Waals surface area contributed by atoms with Crippen molar-refractivity contribution in [1.82, 2.24) is 24.8 Å². The first-order chi connectivity index (χ1) is 28.2. The molecule has 4 saturated heterocycles. The minimum Gasteiger partial charge on any atom is -0.461 e. The van der Waals surface area contributed by atoms with Crippen molar-refractivity contribution in [3.05, 3.63) is 47.9 Å². The van der Waals surface area contributed by atoms with Gasteiger partial charge < -0.3 is 29.7 Å². The van der Waals surface area contributed by atoms with Gasteiger partial charge in [0.15, 0.2) is 5.82 Å². The Balaban J connectivity index is 1.19. The van der Waals surface area contributed by atoms with Crippen LogP contribution in [0, 0.1) is 5.82 Å². The number of aromatic nitrogens is 3. The third-order valence-corrected chi connectivity index (χ3v) is 14.1. The first-order valence-electron chi connectivity index (χ1n) is 21.1. The second kappa shape index (κ2) is 14.8. The van der Waals surface area contributed by atoms with E-state index in [0.29, 0.717) is 81.6 Å².